The lowest BCUT2D eigenvalue weighted by molar-refractivity contribution is 0.177. The summed E-state index contributed by atoms with van der Waals surface area (Å²) in [7, 11) is 3.41. The molecule has 0 amide bonds. The number of pyridine rings is 1. The van der Waals surface area contributed by atoms with Crippen LogP contribution in [0, 0.1) is 0 Å². The maximum absolute atomic E-state index is 5.12. The second-order valence-corrected chi connectivity index (χ2v) is 6.41. The molecule has 1 aliphatic heterocycles. The first-order valence-electron chi connectivity index (χ1n) is 8.94. The summed E-state index contributed by atoms with van der Waals surface area (Å²) in [6, 6.07) is 6.07. The smallest absolute Gasteiger partial charge is 0.191 e. The van der Waals surface area contributed by atoms with Gasteiger partial charge in [0.2, 0.25) is 0 Å². The minimum Gasteiger partial charge on any atom is -0.377 e. The van der Waals surface area contributed by atoms with Crippen LogP contribution in [0.2, 0.25) is 0 Å². The van der Waals surface area contributed by atoms with Crippen molar-refractivity contribution in [3.8, 4) is 0 Å². The number of fused-ring (bicyclic) bond motifs is 2. The Hall–Kier alpha value is -3.01. The molecule has 142 valence electrons. The monoisotopic (exact) mass is 369 g/mol. The molecule has 2 N–H and O–H groups in total. The number of aromatic nitrogens is 6. The van der Waals surface area contributed by atoms with Crippen LogP contribution < -0.4 is 10.6 Å². The lowest BCUT2D eigenvalue weighted by Gasteiger charge is -2.25. The van der Waals surface area contributed by atoms with Gasteiger partial charge >= 0.3 is 0 Å². The van der Waals surface area contributed by atoms with E-state index in [2.05, 4.69) is 35.9 Å². The average Bonchev–Trinajstić information content (AvgIpc) is 3.28. The predicted molar refractivity (Wildman–Crippen MR) is 99.2 cm³/mol. The molecule has 3 aromatic rings. The Morgan fingerprint density at radius 3 is 3.15 bits per heavy atom. The van der Waals surface area contributed by atoms with Crippen LogP contribution in [0.5, 0.6) is 0 Å². The van der Waals surface area contributed by atoms with Gasteiger partial charge in [0.1, 0.15) is 12.4 Å². The van der Waals surface area contributed by atoms with Crippen LogP contribution in [0.1, 0.15) is 23.9 Å². The number of hydrogen-bond acceptors (Lipinski definition) is 6. The Morgan fingerprint density at radius 2 is 2.30 bits per heavy atom. The summed E-state index contributed by atoms with van der Waals surface area (Å²) < 4.78 is 9.03. The summed E-state index contributed by atoms with van der Waals surface area (Å²) in [5.74, 6) is 3.31. The molecule has 1 unspecified atom stereocenters. The van der Waals surface area contributed by atoms with Crippen LogP contribution >= 0.6 is 0 Å². The Balaban J connectivity index is 1.36. The highest BCUT2D eigenvalue weighted by atomic mass is 16.5. The lowest BCUT2D eigenvalue weighted by atomic mass is 10.1. The molecule has 0 aromatic carbocycles. The molecule has 3 aromatic heterocycles. The molecule has 0 fully saturated rings. The van der Waals surface area contributed by atoms with Gasteiger partial charge in [-0.15, -0.1) is 10.2 Å². The zero-order valence-corrected chi connectivity index (χ0v) is 15.5. The second kappa shape index (κ2) is 7.70. The molecule has 0 aliphatic carbocycles. The summed E-state index contributed by atoms with van der Waals surface area (Å²) in [5, 5.41) is 19.7. The van der Waals surface area contributed by atoms with E-state index in [9.17, 15) is 0 Å². The molecular formula is C17H23N9O. The summed E-state index contributed by atoms with van der Waals surface area (Å²) in [6.07, 6.45) is 3.80. The van der Waals surface area contributed by atoms with E-state index in [4.69, 9.17) is 4.74 Å². The van der Waals surface area contributed by atoms with E-state index in [0.29, 0.717) is 13.2 Å². The highest BCUT2D eigenvalue weighted by Crippen LogP contribution is 2.13. The van der Waals surface area contributed by atoms with Gasteiger partial charge in [0.25, 0.3) is 0 Å². The van der Waals surface area contributed by atoms with Gasteiger partial charge in [0.05, 0.1) is 13.1 Å². The van der Waals surface area contributed by atoms with Gasteiger partial charge in [0.15, 0.2) is 23.3 Å². The largest absolute Gasteiger partial charge is 0.377 e. The van der Waals surface area contributed by atoms with E-state index >= 15 is 0 Å². The Morgan fingerprint density at radius 1 is 1.37 bits per heavy atom. The number of methoxy groups -OCH3 is 1. The number of aryl methyl sites for hydroxylation is 1. The Bertz CT molecular complexity index is 945. The number of rotatable bonds is 5. The molecule has 4 rings (SSSR count). The zero-order chi connectivity index (χ0) is 18.6. The fourth-order valence-corrected chi connectivity index (χ4v) is 3.23. The Kier molecular flexibility index (Phi) is 4.97. The zero-order valence-electron chi connectivity index (χ0n) is 15.5. The minimum absolute atomic E-state index is 0.232. The van der Waals surface area contributed by atoms with Crippen molar-refractivity contribution in [1.82, 2.24) is 40.0 Å². The summed E-state index contributed by atoms with van der Waals surface area (Å²) in [5.41, 5.74) is 0.829. The molecule has 1 atom stereocenters. The first-order chi connectivity index (χ1) is 13.3. The quantitative estimate of drug-likeness (QED) is 0.487. The van der Waals surface area contributed by atoms with Crippen molar-refractivity contribution in [2.45, 2.75) is 38.6 Å². The molecule has 27 heavy (non-hydrogen) atoms. The summed E-state index contributed by atoms with van der Waals surface area (Å²) in [6.45, 7) is 1.72. The average molecular weight is 369 g/mol. The summed E-state index contributed by atoms with van der Waals surface area (Å²) >= 11 is 0. The maximum atomic E-state index is 5.12. The maximum Gasteiger partial charge on any atom is 0.191 e. The van der Waals surface area contributed by atoms with Gasteiger partial charge in [-0.25, -0.2) is 9.67 Å². The van der Waals surface area contributed by atoms with Crippen molar-refractivity contribution in [2.24, 2.45) is 4.99 Å². The standard InChI is InChI=1S/C17H23N9O/c1-18-17(19-9-16-23-22-15-5-3-4-8-25(15)16)20-12-6-7-14-21-13(11-27-2)24-26(14)10-12/h3-5,8,12H,6-7,9-11H2,1-2H3,(H2,18,19,20). The van der Waals surface area contributed by atoms with Crippen LogP contribution in [0.25, 0.3) is 5.65 Å². The highest BCUT2D eigenvalue weighted by Gasteiger charge is 2.22. The molecule has 0 spiro atoms. The molecule has 0 saturated carbocycles. The van der Waals surface area contributed by atoms with Gasteiger partial charge in [-0.05, 0) is 18.6 Å². The number of nitrogens with zero attached hydrogens (tertiary/aromatic N) is 7. The van der Waals surface area contributed by atoms with Crippen LogP contribution in [-0.4, -0.2) is 55.5 Å². The molecule has 10 nitrogen and oxygen atoms in total. The number of ether oxygens (including phenoxy) is 1. The predicted octanol–water partition coefficient (Wildman–Crippen LogP) is 0.147. The van der Waals surface area contributed by atoms with Gasteiger partial charge in [0, 0.05) is 32.8 Å². The molecule has 10 heteroatoms. The van der Waals surface area contributed by atoms with Crippen molar-refractivity contribution in [3.63, 3.8) is 0 Å². The molecule has 0 bridgehead atoms. The van der Waals surface area contributed by atoms with Gasteiger partial charge in [-0.3, -0.25) is 9.39 Å². The highest BCUT2D eigenvalue weighted by molar-refractivity contribution is 5.79. The number of hydrogen-bond donors (Lipinski definition) is 2. The van der Waals surface area contributed by atoms with E-state index in [-0.39, 0.29) is 6.04 Å². The van der Waals surface area contributed by atoms with E-state index in [0.717, 1.165) is 48.5 Å². The van der Waals surface area contributed by atoms with E-state index in [1.165, 1.54) is 0 Å². The molecule has 0 saturated heterocycles. The molecule has 1 aliphatic rings. The fourth-order valence-electron chi connectivity index (χ4n) is 3.23. The number of guanidine groups is 1. The first-order valence-corrected chi connectivity index (χ1v) is 8.94. The van der Waals surface area contributed by atoms with E-state index in [1.54, 1.807) is 14.2 Å². The van der Waals surface area contributed by atoms with Crippen molar-refractivity contribution < 1.29 is 4.74 Å². The SMILES string of the molecule is CN=C(NCc1nnc2ccccn12)NC1CCc2nc(COC)nn2C1. The van der Waals surface area contributed by atoms with Gasteiger partial charge < -0.3 is 15.4 Å². The van der Waals surface area contributed by atoms with Crippen molar-refractivity contribution in [2.75, 3.05) is 14.2 Å². The van der Waals surface area contributed by atoms with Gasteiger partial charge in [-0.1, -0.05) is 6.07 Å². The normalized spacial score (nSPS) is 17.1. The summed E-state index contributed by atoms with van der Waals surface area (Å²) in [4.78, 5) is 8.83. The second-order valence-electron chi connectivity index (χ2n) is 6.41. The van der Waals surface area contributed by atoms with Crippen LogP contribution in [0.3, 0.4) is 0 Å². The van der Waals surface area contributed by atoms with Crippen molar-refractivity contribution in [3.05, 3.63) is 41.9 Å². The molecular weight excluding hydrogens is 346 g/mol. The fraction of sp³-hybridized carbons (Fsp3) is 0.471. The van der Waals surface area contributed by atoms with Crippen LogP contribution in [0.15, 0.2) is 29.4 Å². The minimum atomic E-state index is 0.232. The third-order valence-electron chi connectivity index (χ3n) is 4.54. The third-order valence-corrected chi connectivity index (χ3v) is 4.54. The third kappa shape index (κ3) is 3.75. The Labute approximate surface area is 156 Å². The van der Waals surface area contributed by atoms with Gasteiger partial charge in [-0.2, -0.15) is 5.10 Å². The molecule has 4 heterocycles. The van der Waals surface area contributed by atoms with E-state index in [1.807, 2.05) is 33.5 Å². The lowest BCUT2D eigenvalue weighted by Crippen LogP contribution is -2.47. The van der Waals surface area contributed by atoms with Crippen molar-refractivity contribution >= 4 is 11.6 Å². The number of aliphatic imine (C=N–C) groups is 1. The van der Waals surface area contributed by atoms with E-state index < -0.39 is 0 Å². The molecule has 0 radical (unpaired) electrons. The first kappa shape index (κ1) is 17.4. The number of nitrogens with one attached hydrogen (secondary N) is 2. The topological polar surface area (TPSA) is 107 Å². The van der Waals surface area contributed by atoms with Crippen molar-refractivity contribution in [1.29, 1.82) is 0 Å². The van der Waals surface area contributed by atoms with Crippen LogP contribution in [-0.2, 0) is 30.9 Å². The van der Waals surface area contributed by atoms with Crippen LogP contribution in [0.4, 0.5) is 0 Å².